The van der Waals surface area contributed by atoms with Crippen molar-refractivity contribution in [3.05, 3.63) is 35.4 Å². The lowest BCUT2D eigenvalue weighted by Gasteiger charge is -2.38. The van der Waals surface area contributed by atoms with Crippen molar-refractivity contribution >= 4 is 5.91 Å². The maximum atomic E-state index is 13.4. The first kappa shape index (κ1) is 15.6. The van der Waals surface area contributed by atoms with E-state index in [1.807, 2.05) is 0 Å². The molecule has 0 fully saturated rings. The molecule has 2 N–H and O–H groups in total. The molecule has 0 unspecified atom stereocenters. The summed E-state index contributed by atoms with van der Waals surface area (Å²) in [6.07, 6.45) is -0.405. The van der Waals surface area contributed by atoms with Crippen molar-refractivity contribution in [1.82, 2.24) is 5.32 Å². The topological polar surface area (TPSA) is 49.3 Å². The number of nitrogens with one attached hydrogen (secondary N) is 1. The molecule has 1 rings (SSSR count). The van der Waals surface area contributed by atoms with Crippen LogP contribution in [0, 0.1) is 11.6 Å². The Bertz CT molecular complexity index is 459. The lowest BCUT2D eigenvalue weighted by atomic mass is 9.86. The molecule has 0 atom stereocenters. The van der Waals surface area contributed by atoms with Gasteiger partial charge in [-0.15, -0.1) is 0 Å². The van der Waals surface area contributed by atoms with Crippen molar-refractivity contribution in [1.29, 1.82) is 0 Å². The summed E-state index contributed by atoms with van der Waals surface area (Å²) in [5.41, 5.74) is -2.34. The van der Waals surface area contributed by atoms with E-state index in [0.717, 1.165) is 12.1 Å². The second-order valence-corrected chi connectivity index (χ2v) is 5.61. The molecule has 1 amide bonds. The number of hydrogen-bond donors (Lipinski definition) is 2. The number of rotatable bonds is 4. The summed E-state index contributed by atoms with van der Waals surface area (Å²) in [4.78, 5) is 11.8. The fourth-order valence-corrected chi connectivity index (χ4v) is 1.41. The molecule has 3 nitrogen and oxygen atoms in total. The molecule has 0 radical (unpaired) electrons. The molecule has 19 heavy (non-hydrogen) atoms. The van der Waals surface area contributed by atoms with Crippen LogP contribution in [0.3, 0.4) is 0 Å². The predicted molar refractivity (Wildman–Crippen MR) is 68.6 cm³/mol. The highest BCUT2D eigenvalue weighted by Crippen LogP contribution is 2.21. The summed E-state index contributed by atoms with van der Waals surface area (Å²) < 4.78 is 26.8. The van der Waals surface area contributed by atoms with Crippen LogP contribution in [0.25, 0.3) is 0 Å². The van der Waals surface area contributed by atoms with Crippen LogP contribution in [0.15, 0.2) is 18.2 Å². The van der Waals surface area contributed by atoms with Gasteiger partial charge in [-0.25, -0.2) is 8.78 Å². The lowest BCUT2D eigenvalue weighted by molar-refractivity contribution is -0.125. The highest BCUT2D eigenvalue weighted by molar-refractivity contribution is 5.79. The van der Waals surface area contributed by atoms with Crippen LogP contribution in [0.4, 0.5) is 8.78 Å². The molecule has 0 spiro atoms. The van der Waals surface area contributed by atoms with Gasteiger partial charge < -0.3 is 10.4 Å². The third kappa shape index (κ3) is 3.73. The largest absolute Gasteiger partial charge is 0.388 e. The third-order valence-electron chi connectivity index (χ3n) is 3.38. The van der Waals surface area contributed by atoms with Crippen molar-refractivity contribution in [3.63, 3.8) is 0 Å². The Hall–Kier alpha value is -1.49. The van der Waals surface area contributed by atoms with Crippen LogP contribution < -0.4 is 5.32 Å². The number of aliphatic hydroxyl groups is 1. The monoisotopic (exact) mass is 271 g/mol. The van der Waals surface area contributed by atoms with Gasteiger partial charge in [0.05, 0.1) is 17.6 Å². The standard InChI is InChI=1S/C14H19F2NO2/c1-13(2,14(3,4)19)17-12(18)8-9-10(15)6-5-7-11(9)16/h5-7,19H,8H2,1-4H3,(H,17,18). The SMILES string of the molecule is CC(C)(O)C(C)(C)NC(=O)Cc1c(F)cccc1F. The van der Waals surface area contributed by atoms with Crippen LogP contribution >= 0.6 is 0 Å². The van der Waals surface area contributed by atoms with Crippen molar-refractivity contribution in [2.45, 2.75) is 45.3 Å². The maximum absolute atomic E-state index is 13.4. The van der Waals surface area contributed by atoms with Gasteiger partial charge in [0.25, 0.3) is 0 Å². The Morgan fingerprint density at radius 1 is 1.21 bits per heavy atom. The van der Waals surface area contributed by atoms with Gasteiger partial charge in [-0.2, -0.15) is 0 Å². The average molecular weight is 271 g/mol. The Balaban J connectivity index is 2.82. The Morgan fingerprint density at radius 2 is 1.68 bits per heavy atom. The molecule has 5 heteroatoms. The second kappa shape index (κ2) is 5.25. The van der Waals surface area contributed by atoms with Crippen LogP contribution in [0.2, 0.25) is 0 Å². The molecule has 0 saturated heterocycles. The Labute approximate surface area is 111 Å². The van der Waals surface area contributed by atoms with Gasteiger partial charge in [0.15, 0.2) is 0 Å². The number of halogens is 2. The number of hydrogen-bond acceptors (Lipinski definition) is 2. The minimum Gasteiger partial charge on any atom is -0.388 e. The van der Waals surface area contributed by atoms with E-state index in [-0.39, 0.29) is 5.56 Å². The minimum atomic E-state index is -1.16. The summed E-state index contributed by atoms with van der Waals surface area (Å²) >= 11 is 0. The fourth-order valence-electron chi connectivity index (χ4n) is 1.41. The van der Waals surface area contributed by atoms with Gasteiger partial charge in [0, 0.05) is 5.56 Å². The molecule has 1 aromatic carbocycles. The first-order chi connectivity index (χ1) is 8.54. The number of carbonyl (C=O) groups is 1. The molecule has 0 aliphatic rings. The summed E-state index contributed by atoms with van der Waals surface area (Å²) in [6.45, 7) is 6.39. The van der Waals surface area contributed by atoms with Gasteiger partial charge >= 0.3 is 0 Å². The Kier molecular flexibility index (Phi) is 4.30. The smallest absolute Gasteiger partial charge is 0.225 e. The molecule has 0 aliphatic carbocycles. The highest BCUT2D eigenvalue weighted by Gasteiger charge is 2.36. The molecule has 106 valence electrons. The lowest BCUT2D eigenvalue weighted by Crippen LogP contribution is -2.58. The van der Waals surface area contributed by atoms with E-state index in [2.05, 4.69) is 5.32 Å². The first-order valence-corrected chi connectivity index (χ1v) is 6.01. The van der Waals surface area contributed by atoms with Crippen LogP contribution in [0.5, 0.6) is 0 Å². The molecule has 0 bridgehead atoms. The van der Waals surface area contributed by atoms with Crippen LogP contribution in [-0.2, 0) is 11.2 Å². The first-order valence-electron chi connectivity index (χ1n) is 6.01. The van der Waals surface area contributed by atoms with Crippen LogP contribution in [-0.4, -0.2) is 22.2 Å². The third-order valence-corrected chi connectivity index (χ3v) is 3.38. The zero-order valence-corrected chi connectivity index (χ0v) is 11.6. The summed E-state index contributed by atoms with van der Waals surface area (Å²) in [5, 5.41) is 12.5. The van der Waals surface area contributed by atoms with Crippen LogP contribution in [0.1, 0.15) is 33.3 Å². The predicted octanol–water partition coefficient (Wildman–Crippen LogP) is 2.17. The van der Waals surface area contributed by atoms with E-state index < -0.39 is 35.1 Å². The van der Waals surface area contributed by atoms with Gasteiger partial charge in [0.1, 0.15) is 11.6 Å². The molecule has 0 aromatic heterocycles. The average Bonchev–Trinajstić information content (AvgIpc) is 2.21. The number of amides is 1. The van der Waals surface area contributed by atoms with E-state index >= 15 is 0 Å². The molecular weight excluding hydrogens is 252 g/mol. The van der Waals surface area contributed by atoms with E-state index in [9.17, 15) is 18.7 Å². The summed E-state index contributed by atoms with van der Waals surface area (Å²) in [7, 11) is 0. The van der Waals surface area contributed by atoms with Crippen molar-refractivity contribution < 1.29 is 18.7 Å². The van der Waals surface area contributed by atoms with Crippen molar-refractivity contribution in [2.75, 3.05) is 0 Å². The van der Waals surface area contributed by atoms with Crippen molar-refractivity contribution in [2.24, 2.45) is 0 Å². The normalized spacial score (nSPS) is 12.4. The minimum absolute atomic E-state index is 0.272. The molecular formula is C14H19F2NO2. The van der Waals surface area contributed by atoms with Gasteiger partial charge in [-0.3, -0.25) is 4.79 Å². The number of benzene rings is 1. The van der Waals surface area contributed by atoms with E-state index in [4.69, 9.17) is 0 Å². The zero-order chi connectivity index (χ0) is 14.8. The quantitative estimate of drug-likeness (QED) is 0.881. The summed E-state index contributed by atoms with van der Waals surface area (Å²) in [6, 6.07) is 3.45. The molecule has 0 aliphatic heterocycles. The Morgan fingerprint density at radius 3 is 2.11 bits per heavy atom. The highest BCUT2D eigenvalue weighted by atomic mass is 19.1. The van der Waals surface area contributed by atoms with Gasteiger partial charge in [-0.05, 0) is 39.8 Å². The van der Waals surface area contributed by atoms with Gasteiger partial charge in [0.2, 0.25) is 5.91 Å². The van der Waals surface area contributed by atoms with E-state index in [0.29, 0.717) is 0 Å². The maximum Gasteiger partial charge on any atom is 0.225 e. The second-order valence-electron chi connectivity index (χ2n) is 5.61. The fraction of sp³-hybridized carbons (Fsp3) is 0.500. The van der Waals surface area contributed by atoms with Crippen molar-refractivity contribution in [3.8, 4) is 0 Å². The number of carbonyl (C=O) groups excluding carboxylic acids is 1. The molecule has 0 saturated carbocycles. The summed E-state index contributed by atoms with van der Waals surface area (Å²) in [5.74, 6) is -2.05. The molecule has 0 heterocycles. The zero-order valence-electron chi connectivity index (χ0n) is 11.6. The molecule has 1 aromatic rings. The van der Waals surface area contributed by atoms with Gasteiger partial charge in [-0.1, -0.05) is 6.07 Å². The van der Waals surface area contributed by atoms with E-state index in [1.165, 1.54) is 6.07 Å². The van der Waals surface area contributed by atoms with E-state index in [1.54, 1.807) is 27.7 Å².